The van der Waals surface area contributed by atoms with E-state index in [0.29, 0.717) is 0 Å². The van der Waals surface area contributed by atoms with Gasteiger partial charge < -0.3 is 9.84 Å². The number of aliphatic hydroxyl groups excluding tert-OH is 1. The number of ketones is 1. The molecule has 26 heavy (non-hydrogen) atoms. The van der Waals surface area contributed by atoms with Crippen LogP contribution in [0.3, 0.4) is 0 Å². The zero-order valence-corrected chi connectivity index (χ0v) is 12.1. The highest BCUT2D eigenvalue weighted by Gasteiger charge is 2.77. The number of ether oxygens (including phenoxy) is 1. The van der Waals surface area contributed by atoms with E-state index in [1.54, 1.807) is 0 Å². The first-order valence-corrected chi connectivity index (χ1v) is 6.27. The van der Waals surface area contributed by atoms with Gasteiger partial charge in [0, 0.05) is 11.6 Å². The van der Waals surface area contributed by atoms with Gasteiger partial charge in [-0.1, -0.05) is 30.3 Å². The van der Waals surface area contributed by atoms with Gasteiger partial charge in [-0.05, 0) is 0 Å². The van der Waals surface area contributed by atoms with Gasteiger partial charge in [0.15, 0.2) is 0 Å². The van der Waals surface area contributed by atoms with Gasteiger partial charge in [0.05, 0.1) is 0 Å². The summed E-state index contributed by atoms with van der Waals surface area (Å²) in [7, 11) is 0. The van der Waals surface area contributed by atoms with Crippen LogP contribution in [-0.4, -0.2) is 28.8 Å². The lowest BCUT2D eigenvalue weighted by Crippen LogP contribution is -2.58. The predicted octanol–water partition coefficient (Wildman–Crippen LogP) is 5.07. The lowest BCUT2D eigenvalue weighted by molar-refractivity contribution is -0.383. The minimum Gasteiger partial charge on any atom is -0.507 e. The third-order valence-electron chi connectivity index (χ3n) is 2.77. The molecule has 1 aromatic carbocycles. The van der Waals surface area contributed by atoms with E-state index in [1.165, 1.54) is 18.2 Å². The van der Waals surface area contributed by atoms with Crippen molar-refractivity contribution in [1.82, 2.24) is 0 Å². The first-order valence-electron chi connectivity index (χ1n) is 6.27. The normalized spacial score (nSPS) is 13.3. The first kappa shape index (κ1) is 21.4. The number of benzene rings is 1. The number of aliphatic hydroxyl groups is 1. The van der Waals surface area contributed by atoms with Crippen LogP contribution >= 0.6 is 0 Å². The summed E-state index contributed by atoms with van der Waals surface area (Å²) in [6.07, 6.45) is -10.6. The molecule has 0 radical (unpaired) electrons. The molecular formula is C14H7F9O3. The van der Waals surface area contributed by atoms with Crippen molar-refractivity contribution >= 4 is 11.5 Å². The Morgan fingerprint density at radius 2 is 1.46 bits per heavy atom. The molecule has 0 aliphatic rings. The fraction of sp³-hybridized carbons (Fsp3) is 0.214. The summed E-state index contributed by atoms with van der Waals surface area (Å²) in [5, 5.41) is 9.42. The Morgan fingerprint density at radius 3 is 1.92 bits per heavy atom. The minimum absolute atomic E-state index is 0.295. The topological polar surface area (TPSA) is 46.5 Å². The van der Waals surface area contributed by atoms with Gasteiger partial charge in [-0.2, -0.15) is 39.5 Å². The SMILES string of the molecule is O=C(/C=C(\O)c1ccccc1)C(F)(F)C(F)(F)C(F)(F)OC(F)=C(F)F. The third kappa shape index (κ3) is 4.11. The van der Waals surface area contributed by atoms with Crippen molar-refractivity contribution in [2.45, 2.75) is 18.0 Å². The van der Waals surface area contributed by atoms with Crippen LogP contribution in [0, 0.1) is 0 Å². The van der Waals surface area contributed by atoms with Gasteiger partial charge >= 0.3 is 30.0 Å². The van der Waals surface area contributed by atoms with E-state index in [2.05, 4.69) is 4.74 Å². The largest absolute Gasteiger partial charge is 0.507 e. The molecule has 1 N–H and O–H groups in total. The van der Waals surface area contributed by atoms with Crippen LogP contribution in [0.2, 0.25) is 0 Å². The number of rotatable bonds is 7. The van der Waals surface area contributed by atoms with Crippen LogP contribution < -0.4 is 0 Å². The van der Waals surface area contributed by atoms with Crippen LogP contribution in [0.5, 0.6) is 0 Å². The van der Waals surface area contributed by atoms with Crippen LogP contribution in [0.4, 0.5) is 39.5 Å². The molecule has 0 amide bonds. The van der Waals surface area contributed by atoms with Gasteiger partial charge in [0.2, 0.25) is 5.78 Å². The smallest absolute Gasteiger partial charge is 0.473 e. The van der Waals surface area contributed by atoms with E-state index in [1.807, 2.05) is 0 Å². The number of hydrogen-bond acceptors (Lipinski definition) is 3. The molecule has 3 nitrogen and oxygen atoms in total. The summed E-state index contributed by atoms with van der Waals surface area (Å²) in [5.74, 6) is -17.3. The highest BCUT2D eigenvalue weighted by molar-refractivity contribution is 6.01. The van der Waals surface area contributed by atoms with Crippen molar-refractivity contribution in [2.24, 2.45) is 0 Å². The molecule has 1 rings (SSSR count). The maximum Gasteiger partial charge on any atom is 0.473 e. The van der Waals surface area contributed by atoms with Gasteiger partial charge in [-0.3, -0.25) is 4.79 Å². The highest BCUT2D eigenvalue weighted by Crippen LogP contribution is 2.48. The minimum atomic E-state index is -6.74. The molecule has 0 spiro atoms. The highest BCUT2D eigenvalue weighted by atomic mass is 19.4. The molecule has 0 bridgehead atoms. The molecule has 0 unspecified atom stereocenters. The van der Waals surface area contributed by atoms with E-state index in [0.717, 1.165) is 12.1 Å². The summed E-state index contributed by atoms with van der Waals surface area (Å²) in [5.41, 5.74) is -0.295. The molecule has 12 heteroatoms. The monoisotopic (exact) mass is 394 g/mol. The standard InChI is InChI=1S/C14H7F9O3/c15-10(16)11(17)26-14(22,23)13(20,21)12(18,19)9(25)6-8(24)7-4-2-1-3-5-7/h1-6,24H/b8-6-. The Balaban J connectivity index is 3.20. The number of carbonyl (C=O) groups excluding carboxylic acids is 1. The summed E-state index contributed by atoms with van der Waals surface area (Å²) < 4.78 is 118. The molecular weight excluding hydrogens is 387 g/mol. The average Bonchev–Trinajstić information content (AvgIpc) is 2.54. The lowest BCUT2D eigenvalue weighted by Gasteiger charge is -2.30. The number of carbonyl (C=O) groups is 1. The van der Waals surface area contributed by atoms with Crippen molar-refractivity contribution in [2.75, 3.05) is 0 Å². The Labute approximate surface area is 139 Å². The van der Waals surface area contributed by atoms with Crippen molar-refractivity contribution in [3.05, 3.63) is 54.1 Å². The summed E-state index contributed by atoms with van der Waals surface area (Å²) >= 11 is 0. The van der Waals surface area contributed by atoms with Gasteiger partial charge in [-0.25, -0.2) is 0 Å². The molecule has 0 atom stereocenters. The molecule has 0 fully saturated rings. The second-order valence-electron chi connectivity index (χ2n) is 4.56. The second kappa shape index (κ2) is 7.30. The fourth-order valence-corrected chi connectivity index (χ4v) is 1.46. The van der Waals surface area contributed by atoms with Crippen LogP contribution in [0.25, 0.3) is 5.76 Å². The van der Waals surface area contributed by atoms with Gasteiger partial charge in [0.1, 0.15) is 5.76 Å². The van der Waals surface area contributed by atoms with Crippen LogP contribution in [0.15, 0.2) is 48.5 Å². The van der Waals surface area contributed by atoms with Gasteiger partial charge in [-0.15, -0.1) is 0 Å². The van der Waals surface area contributed by atoms with E-state index in [4.69, 9.17) is 0 Å². The van der Waals surface area contributed by atoms with Gasteiger partial charge in [0.25, 0.3) is 0 Å². The molecule has 1 aromatic rings. The quantitative estimate of drug-likeness (QED) is 0.399. The molecule has 0 saturated carbocycles. The third-order valence-corrected chi connectivity index (χ3v) is 2.77. The van der Waals surface area contributed by atoms with Crippen molar-refractivity contribution in [3.63, 3.8) is 0 Å². The van der Waals surface area contributed by atoms with E-state index in [-0.39, 0.29) is 5.56 Å². The lowest BCUT2D eigenvalue weighted by atomic mass is 10.0. The molecule has 144 valence electrons. The average molecular weight is 394 g/mol. The molecule has 0 heterocycles. The Bertz CT molecular complexity index is 722. The van der Waals surface area contributed by atoms with E-state index < -0.39 is 47.7 Å². The van der Waals surface area contributed by atoms with Crippen LogP contribution in [-0.2, 0) is 9.53 Å². The van der Waals surface area contributed by atoms with Crippen molar-refractivity contribution in [3.8, 4) is 0 Å². The fourth-order valence-electron chi connectivity index (χ4n) is 1.46. The van der Waals surface area contributed by atoms with Crippen molar-refractivity contribution < 1.29 is 54.2 Å². The Kier molecular flexibility index (Phi) is 6.00. The first-order chi connectivity index (χ1) is 11.7. The maximum absolute atomic E-state index is 13.5. The zero-order chi connectivity index (χ0) is 20.3. The molecule has 0 aromatic heterocycles. The number of halogens is 9. The second-order valence-corrected chi connectivity index (χ2v) is 4.56. The molecule has 0 saturated heterocycles. The summed E-state index contributed by atoms with van der Waals surface area (Å²) in [4.78, 5) is 11.3. The number of allylic oxidation sites excluding steroid dienone is 1. The number of hydrogen-bond donors (Lipinski definition) is 1. The Morgan fingerprint density at radius 1 is 0.962 bits per heavy atom. The number of alkyl halides is 6. The van der Waals surface area contributed by atoms with Crippen molar-refractivity contribution in [1.29, 1.82) is 0 Å². The maximum atomic E-state index is 13.5. The van der Waals surface area contributed by atoms with E-state index >= 15 is 0 Å². The Hall–Kier alpha value is -2.66. The summed E-state index contributed by atoms with van der Waals surface area (Å²) in [6, 6.07) is 2.54. The van der Waals surface area contributed by atoms with E-state index in [9.17, 15) is 49.4 Å². The molecule has 0 aliphatic carbocycles. The molecule has 0 aliphatic heterocycles. The predicted molar refractivity (Wildman–Crippen MR) is 68.3 cm³/mol. The zero-order valence-electron chi connectivity index (χ0n) is 12.1. The summed E-state index contributed by atoms with van der Waals surface area (Å²) in [6.45, 7) is 0. The van der Waals surface area contributed by atoms with Crippen LogP contribution in [0.1, 0.15) is 5.56 Å².